The number of nitrogens with zero attached hydrogens (tertiary/aromatic N) is 2. The van der Waals surface area contributed by atoms with Crippen LogP contribution in [0.3, 0.4) is 0 Å². The molecule has 0 saturated carbocycles. The number of carbonyl (C=O) groups is 1. The van der Waals surface area contributed by atoms with Gasteiger partial charge in [-0.2, -0.15) is 0 Å². The molecule has 0 saturated heterocycles. The Balaban J connectivity index is 1.64. The lowest BCUT2D eigenvalue weighted by Gasteiger charge is -2.11. The number of esters is 1. The van der Waals surface area contributed by atoms with Crippen molar-refractivity contribution < 1.29 is 14.3 Å². The molecule has 2 aromatic carbocycles. The van der Waals surface area contributed by atoms with E-state index in [2.05, 4.69) is 9.97 Å². The van der Waals surface area contributed by atoms with E-state index in [1.165, 1.54) is 6.20 Å². The van der Waals surface area contributed by atoms with Crippen LogP contribution in [0, 0.1) is 0 Å². The number of para-hydroxylation sites is 2. The van der Waals surface area contributed by atoms with Gasteiger partial charge in [-0.1, -0.05) is 42.5 Å². The molecule has 0 N–H and O–H groups in total. The molecule has 0 fully saturated rings. The molecule has 126 valence electrons. The molecule has 4 rings (SSSR count). The second kappa shape index (κ2) is 7.03. The highest BCUT2D eigenvalue weighted by atomic mass is 16.6. The Kier molecular flexibility index (Phi) is 4.26. The lowest BCUT2D eigenvalue weighted by molar-refractivity contribution is 0.0732. The Bertz CT molecular complexity index is 1060. The fourth-order valence-electron chi connectivity index (χ4n) is 2.57. The van der Waals surface area contributed by atoms with Crippen molar-refractivity contribution in [2.75, 3.05) is 0 Å². The minimum absolute atomic E-state index is 0.316. The number of ether oxygens (including phenoxy) is 2. The number of pyridine rings is 2. The Morgan fingerprint density at radius 2 is 1.58 bits per heavy atom. The predicted octanol–water partition coefficient (Wildman–Crippen LogP) is 4.64. The molecule has 0 amide bonds. The van der Waals surface area contributed by atoms with Gasteiger partial charge in [0.05, 0.1) is 5.56 Å². The quantitative estimate of drug-likeness (QED) is 0.399. The third-order valence-electron chi connectivity index (χ3n) is 3.79. The zero-order chi connectivity index (χ0) is 17.8. The van der Waals surface area contributed by atoms with Crippen LogP contribution in [0.1, 0.15) is 10.4 Å². The molecule has 2 aromatic heterocycles. The maximum atomic E-state index is 12.7. The lowest BCUT2D eigenvalue weighted by atomic mass is 10.1. The summed E-state index contributed by atoms with van der Waals surface area (Å²) in [6.07, 6.45) is 4.85. The van der Waals surface area contributed by atoms with Gasteiger partial charge in [0.15, 0.2) is 11.5 Å². The molecule has 0 atom stereocenters. The zero-order valence-electron chi connectivity index (χ0n) is 13.7. The summed E-state index contributed by atoms with van der Waals surface area (Å²) in [6.45, 7) is 0. The summed E-state index contributed by atoms with van der Waals surface area (Å²) < 4.78 is 11.3. The fraction of sp³-hybridized carbons (Fsp3) is 0. The molecule has 0 aliphatic carbocycles. The van der Waals surface area contributed by atoms with Crippen LogP contribution in [-0.2, 0) is 0 Å². The van der Waals surface area contributed by atoms with Gasteiger partial charge in [0.2, 0.25) is 5.88 Å². The minimum Gasteiger partial charge on any atom is -0.435 e. The second-order valence-corrected chi connectivity index (χ2v) is 5.51. The van der Waals surface area contributed by atoms with Crippen molar-refractivity contribution in [1.82, 2.24) is 9.97 Å². The highest BCUT2D eigenvalue weighted by Gasteiger charge is 2.16. The Hall–Kier alpha value is -3.73. The third-order valence-corrected chi connectivity index (χ3v) is 3.79. The summed E-state index contributed by atoms with van der Waals surface area (Å²) in [6, 6.07) is 19.9. The van der Waals surface area contributed by atoms with Crippen molar-refractivity contribution >= 4 is 16.7 Å². The molecule has 0 bridgehead atoms. The normalized spacial score (nSPS) is 10.5. The molecule has 0 unspecified atom stereocenters. The van der Waals surface area contributed by atoms with Crippen LogP contribution in [0.15, 0.2) is 85.3 Å². The number of fused-ring (bicyclic) bond motifs is 1. The highest BCUT2D eigenvalue weighted by Crippen LogP contribution is 2.31. The zero-order valence-corrected chi connectivity index (χ0v) is 13.7. The molecule has 0 radical (unpaired) electrons. The Labute approximate surface area is 149 Å². The summed E-state index contributed by atoms with van der Waals surface area (Å²) >= 11 is 0. The maximum Gasteiger partial charge on any atom is 0.345 e. The molecule has 0 spiro atoms. The van der Waals surface area contributed by atoms with Crippen LogP contribution in [0.4, 0.5) is 0 Å². The van der Waals surface area contributed by atoms with Crippen molar-refractivity contribution in [3.8, 4) is 17.4 Å². The van der Waals surface area contributed by atoms with Crippen molar-refractivity contribution in [2.45, 2.75) is 0 Å². The van der Waals surface area contributed by atoms with E-state index >= 15 is 0 Å². The molecule has 2 heterocycles. The number of aromatic nitrogens is 2. The molecule has 0 aliphatic rings. The Morgan fingerprint density at radius 1 is 0.808 bits per heavy atom. The summed E-state index contributed by atoms with van der Waals surface area (Å²) in [5.41, 5.74) is 0.399. The average Bonchev–Trinajstić information content (AvgIpc) is 2.70. The third kappa shape index (κ3) is 3.23. The van der Waals surface area contributed by atoms with E-state index in [4.69, 9.17) is 9.47 Å². The largest absolute Gasteiger partial charge is 0.435 e. The minimum atomic E-state index is -0.494. The van der Waals surface area contributed by atoms with Gasteiger partial charge in [-0.15, -0.1) is 0 Å². The number of hydrogen-bond donors (Lipinski definition) is 0. The lowest BCUT2D eigenvalue weighted by Crippen LogP contribution is -2.10. The molecule has 0 aliphatic heterocycles. The fourth-order valence-corrected chi connectivity index (χ4v) is 2.57. The van der Waals surface area contributed by atoms with E-state index < -0.39 is 5.97 Å². The summed E-state index contributed by atoms with van der Waals surface area (Å²) in [5.74, 6) is 0.651. The first-order valence-corrected chi connectivity index (χ1v) is 8.04. The van der Waals surface area contributed by atoms with Crippen LogP contribution in [0.2, 0.25) is 0 Å². The molecular weight excluding hydrogens is 328 g/mol. The maximum absolute atomic E-state index is 12.7. The van der Waals surface area contributed by atoms with E-state index in [0.29, 0.717) is 22.9 Å². The van der Waals surface area contributed by atoms with Gasteiger partial charge >= 0.3 is 5.97 Å². The van der Waals surface area contributed by atoms with E-state index in [0.717, 1.165) is 10.8 Å². The van der Waals surface area contributed by atoms with Gasteiger partial charge < -0.3 is 9.47 Å². The number of hydrogen-bond acceptors (Lipinski definition) is 5. The number of benzene rings is 2. The van der Waals surface area contributed by atoms with E-state index in [9.17, 15) is 4.79 Å². The van der Waals surface area contributed by atoms with Crippen LogP contribution < -0.4 is 9.47 Å². The highest BCUT2D eigenvalue weighted by molar-refractivity contribution is 6.04. The topological polar surface area (TPSA) is 61.3 Å². The summed E-state index contributed by atoms with van der Waals surface area (Å²) in [7, 11) is 0. The van der Waals surface area contributed by atoms with Gasteiger partial charge in [-0.25, -0.2) is 9.78 Å². The first-order chi connectivity index (χ1) is 12.8. The molecular formula is C21H14N2O3. The molecule has 5 heteroatoms. The smallest absolute Gasteiger partial charge is 0.345 e. The van der Waals surface area contributed by atoms with Crippen LogP contribution in [0.25, 0.3) is 10.8 Å². The predicted molar refractivity (Wildman–Crippen MR) is 97.5 cm³/mol. The van der Waals surface area contributed by atoms with Crippen LogP contribution >= 0.6 is 0 Å². The molecule has 5 nitrogen and oxygen atoms in total. The van der Waals surface area contributed by atoms with Crippen molar-refractivity contribution in [2.24, 2.45) is 0 Å². The van der Waals surface area contributed by atoms with E-state index in [1.807, 2.05) is 30.3 Å². The Morgan fingerprint density at radius 3 is 2.42 bits per heavy atom. The van der Waals surface area contributed by atoms with Crippen LogP contribution in [0.5, 0.6) is 17.4 Å². The van der Waals surface area contributed by atoms with Gasteiger partial charge in [0, 0.05) is 30.0 Å². The van der Waals surface area contributed by atoms with Crippen molar-refractivity contribution in [3.05, 3.63) is 90.9 Å². The number of rotatable bonds is 4. The van der Waals surface area contributed by atoms with E-state index in [1.54, 1.807) is 48.8 Å². The average molecular weight is 342 g/mol. The standard InChI is InChI=1S/C21H14N2O3/c24-21(17-14-22-13-15-7-1-2-8-16(15)17)26-19-10-4-3-9-18(19)25-20-11-5-6-12-23-20/h1-14H. The van der Waals surface area contributed by atoms with Gasteiger partial charge in [-0.3, -0.25) is 4.98 Å². The number of carbonyl (C=O) groups excluding carboxylic acids is 1. The van der Waals surface area contributed by atoms with Gasteiger partial charge in [0.1, 0.15) is 0 Å². The molecule has 26 heavy (non-hydrogen) atoms. The second-order valence-electron chi connectivity index (χ2n) is 5.51. The van der Waals surface area contributed by atoms with E-state index in [-0.39, 0.29) is 0 Å². The monoisotopic (exact) mass is 342 g/mol. The first-order valence-electron chi connectivity index (χ1n) is 8.04. The van der Waals surface area contributed by atoms with Gasteiger partial charge in [0.25, 0.3) is 0 Å². The summed E-state index contributed by atoms with van der Waals surface area (Å²) in [4.78, 5) is 20.9. The van der Waals surface area contributed by atoms with Crippen molar-refractivity contribution in [1.29, 1.82) is 0 Å². The SMILES string of the molecule is O=C(Oc1ccccc1Oc1ccccn1)c1cncc2ccccc12. The first kappa shape index (κ1) is 15.8. The van der Waals surface area contributed by atoms with Crippen molar-refractivity contribution in [3.63, 3.8) is 0 Å². The molecule has 4 aromatic rings. The van der Waals surface area contributed by atoms with Crippen LogP contribution in [-0.4, -0.2) is 15.9 Å². The van der Waals surface area contributed by atoms with Gasteiger partial charge in [-0.05, 0) is 23.6 Å². The summed E-state index contributed by atoms with van der Waals surface area (Å²) in [5, 5.41) is 1.66.